The molecule has 0 radical (unpaired) electrons. The van der Waals surface area contributed by atoms with Crippen molar-refractivity contribution < 1.29 is 0 Å². The summed E-state index contributed by atoms with van der Waals surface area (Å²) in [6.45, 7) is 10.2. The van der Waals surface area contributed by atoms with Gasteiger partial charge in [0.15, 0.2) is 0 Å². The van der Waals surface area contributed by atoms with Crippen LogP contribution in [0, 0.1) is 13.8 Å². The first-order valence-corrected chi connectivity index (χ1v) is 5.65. The highest BCUT2D eigenvalue weighted by Crippen LogP contribution is 2.22. The van der Waals surface area contributed by atoms with Gasteiger partial charge in [-0.25, -0.2) is 0 Å². The molecule has 0 heterocycles. The van der Waals surface area contributed by atoms with Crippen molar-refractivity contribution in [3.05, 3.63) is 72.8 Å². The van der Waals surface area contributed by atoms with Gasteiger partial charge < -0.3 is 5.32 Å². The third kappa shape index (κ3) is 3.49. The highest BCUT2D eigenvalue weighted by Gasteiger charge is 1.99. The second-order valence-electron chi connectivity index (χ2n) is 3.75. The lowest BCUT2D eigenvalue weighted by atomic mass is 10.1. The summed E-state index contributed by atoms with van der Waals surface area (Å²) in [6, 6.07) is 16.6. The Morgan fingerprint density at radius 3 is 1.41 bits per heavy atom. The Labute approximate surface area is 104 Å². The van der Waals surface area contributed by atoms with E-state index < -0.39 is 0 Å². The van der Waals surface area contributed by atoms with E-state index in [0.29, 0.717) is 0 Å². The number of rotatable bonds is 2. The van der Waals surface area contributed by atoms with E-state index in [1.807, 2.05) is 12.1 Å². The van der Waals surface area contributed by atoms with Gasteiger partial charge in [0.1, 0.15) is 0 Å². The second-order valence-corrected chi connectivity index (χ2v) is 3.75. The molecule has 0 aromatic heterocycles. The van der Waals surface area contributed by atoms with Crippen molar-refractivity contribution in [1.29, 1.82) is 0 Å². The van der Waals surface area contributed by atoms with E-state index in [9.17, 15) is 0 Å². The molecule has 0 atom stereocenters. The molecule has 88 valence electrons. The van der Waals surface area contributed by atoms with Crippen molar-refractivity contribution in [2.24, 2.45) is 0 Å². The van der Waals surface area contributed by atoms with Crippen LogP contribution in [0.25, 0.3) is 0 Å². The Morgan fingerprint density at radius 1 is 0.706 bits per heavy atom. The first kappa shape index (κ1) is 13.0. The SMILES string of the molecule is C=C.Cc1ccccc1Nc1ccccc1C. The van der Waals surface area contributed by atoms with Crippen LogP contribution < -0.4 is 5.32 Å². The van der Waals surface area contributed by atoms with Gasteiger partial charge in [0.05, 0.1) is 0 Å². The summed E-state index contributed by atoms with van der Waals surface area (Å²) < 4.78 is 0. The molecule has 0 aliphatic carbocycles. The number of para-hydroxylation sites is 2. The van der Waals surface area contributed by atoms with Crippen LogP contribution >= 0.6 is 0 Å². The molecule has 0 spiro atoms. The van der Waals surface area contributed by atoms with Gasteiger partial charge in [-0.05, 0) is 37.1 Å². The minimum Gasteiger partial charge on any atom is -0.355 e. The smallest absolute Gasteiger partial charge is 0.0413 e. The molecular weight excluding hydrogens is 206 g/mol. The number of aryl methyl sites for hydroxylation is 2. The van der Waals surface area contributed by atoms with Gasteiger partial charge in [0, 0.05) is 11.4 Å². The zero-order valence-corrected chi connectivity index (χ0v) is 10.5. The minimum atomic E-state index is 1.17. The molecule has 1 nitrogen and oxygen atoms in total. The van der Waals surface area contributed by atoms with Gasteiger partial charge in [-0.3, -0.25) is 0 Å². The van der Waals surface area contributed by atoms with Crippen molar-refractivity contribution in [2.75, 3.05) is 5.32 Å². The van der Waals surface area contributed by atoms with Crippen molar-refractivity contribution in [3.8, 4) is 0 Å². The molecule has 1 heteroatoms. The summed E-state index contributed by atoms with van der Waals surface area (Å²) in [5.41, 5.74) is 4.88. The van der Waals surface area contributed by atoms with Crippen LogP contribution in [0.15, 0.2) is 61.7 Å². The van der Waals surface area contributed by atoms with Crippen LogP contribution in [0.5, 0.6) is 0 Å². The van der Waals surface area contributed by atoms with E-state index in [0.717, 1.165) is 0 Å². The molecule has 1 N–H and O–H groups in total. The summed E-state index contributed by atoms with van der Waals surface area (Å²) >= 11 is 0. The average Bonchev–Trinajstić information content (AvgIpc) is 2.37. The van der Waals surface area contributed by atoms with E-state index in [1.54, 1.807) is 0 Å². The molecule has 0 fully saturated rings. The summed E-state index contributed by atoms with van der Waals surface area (Å²) in [5, 5.41) is 3.44. The average molecular weight is 225 g/mol. The standard InChI is InChI=1S/C14H15N.C2H4/c1-11-7-3-5-9-13(11)15-14-10-6-4-8-12(14)2;1-2/h3-10,15H,1-2H3;1-2H2. The molecule has 0 amide bonds. The van der Waals surface area contributed by atoms with Crippen molar-refractivity contribution >= 4 is 11.4 Å². The maximum atomic E-state index is 3.44. The van der Waals surface area contributed by atoms with Gasteiger partial charge >= 0.3 is 0 Å². The first-order chi connectivity index (χ1) is 8.27. The fraction of sp³-hybridized carbons (Fsp3) is 0.125. The molecule has 0 aliphatic rings. The largest absolute Gasteiger partial charge is 0.355 e. The predicted molar refractivity (Wildman–Crippen MR) is 76.9 cm³/mol. The van der Waals surface area contributed by atoms with E-state index in [-0.39, 0.29) is 0 Å². The number of hydrogen-bond donors (Lipinski definition) is 1. The highest BCUT2D eigenvalue weighted by atomic mass is 14.9. The molecule has 2 aromatic carbocycles. The highest BCUT2D eigenvalue weighted by molar-refractivity contribution is 5.65. The lowest BCUT2D eigenvalue weighted by molar-refractivity contribution is 1.39. The van der Waals surface area contributed by atoms with E-state index >= 15 is 0 Å². The van der Waals surface area contributed by atoms with Crippen LogP contribution in [0.3, 0.4) is 0 Å². The number of anilines is 2. The lowest BCUT2D eigenvalue weighted by Gasteiger charge is -2.11. The maximum absolute atomic E-state index is 3.44. The van der Waals surface area contributed by atoms with Gasteiger partial charge in [-0.1, -0.05) is 36.4 Å². The predicted octanol–water partition coefficient (Wildman–Crippen LogP) is 4.85. The Bertz CT molecular complexity index is 431. The number of nitrogens with one attached hydrogen (secondary N) is 1. The fourth-order valence-electron chi connectivity index (χ4n) is 1.57. The molecular formula is C16H19N. The van der Waals surface area contributed by atoms with Crippen LogP contribution in [0.4, 0.5) is 11.4 Å². The third-order valence-electron chi connectivity index (χ3n) is 2.56. The van der Waals surface area contributed by atoms with E-state index in [2.05, 4.69) is 68.7 Å². The molecule has 2 aromatic rings. The number of benzene rings is 2. The molecule has 0 saturated heterocycles. The Balaban J connectivity index is 0.000000686. The van der Waals surface area contributed by atoms with E-state index in [1.165, 1.54) is 22.5 Å². The zero-order valence-electron chi connectivity index (χ0n) is 10.5. The van der Waals surface area contributed by atoms with E-state index in [4.69, 9.17) is 0 Å². The van der Waals surface area contributed by atoms with Crippen molar-refractivity contribution in [2.45, 2.75) is 13.8 Å². The minimum absolute atomic E-state index is 1.17. The Kier molecular flexibility index (Phi) is 5.02. The summed E-state index contributed by atoms with van der Waals surface area (Å²) in [5.74, 6) is 0. The Morgan fingerprint density at radius 2 is 1.06 bits per heavy atom. The van der Waals surface area contributed by atoms with Gasteiger partial charge in [-0.15, -0.1) is 13.2 Å². The topological polar surface area (TPSA) is 12.0 Å². The quantitative estimate of drug-likeness (QED) is 0.720. The van der Waals surface area contributed by atoms with Crippen LogP contribution in [0.2, 0.25) is 0 Å². The zero-order chi connectivity index (χ0) is 12.7. The summed E-state index contributed by atoms with van der Waals surface area (Å²) in [4.78, 5) is 0. The molecule has 17 heavy (non-hydrogen) atoms. The monoisotopic (exact) mass is 225 g/mol. The second kappa shape index (κ2) is 6.54. The summed E-state index contributed by atoms with van der Waals surface area (Å²) in [7, 11) is 0. The molecule has 0 bridgehead atoms. The first-order valence-electron chi connectivity index (χ1n) is 5.65. The van der Waals surface area contributed by atoms with Crippen molar-refractivity contribution in [1.82, 2.24) is 0 Å². The number of hydrogen-bond acceptors (Lipinski definition) is 1. The molecule has 2 rings (SSSR count). The third-order valence-corrected chi connectivity index (χ3v) is 2.56. The van der Waals surface area contributed by atoms with Crippen LogP contribution in [-0.2, 0) is 0 Å². The van der Waals surface area contributed by atoms with Gasteiger partial charge in [-0.2, -0.15) is 0 Å². The van der Waals surface area contributed by atoms with Crippen molar-refractivity contribution in [3.63, 3.8) is 0 Å². The molecule has 0 aliphatic heterocycles. The normalized spacial score (nSPS) is 9.06. The molecule has 0 unspecified atom stereocenters. The summed E-state index contributed by atoms with van der Waals surface area (Å²) in [6.07, 6.45) is 0. The van der Waals surface area contributed by atoms with Gasteiger partial charge in [0.25, 0.3) is 0 Å². The maximum Gasteiger partial charge on any atom is 0.0413 e. The Hall–Kier alpha value is -2.02. The fourth-order valence-corrected chi connectivity index (χ4v) is 1.57. The lowest BCUT2D eigenvalue weighted by Crippen LogP contribution is -1.94. The van der Waals surface area contributed by atoms with Crippen LogP contribution in [-0.4, -0.2) is 0 Å². The molecule has 0 saturated carbocycles. The van der Waals surface area contributed by atoms with Crippen LogP contribution in [0.1, 0.15) is 11.1 Å². The van der Waals surface area contributed by atoms with Gasteiger partial charge in [0.2, 0.25) is 0 Å².